The first kappa shape index (κ1) is 14.7. The van der Waals surface area contributed by atoms with E-state index < -0.39 is 17.5 Å². The van der Waals surface area contributed by atoms with Crippen molar-refractivity contribution in [2.45, 2.75) is 52.1 Å². The minimum absolute atomic E-state index is 0.357. The maximum absolute atomic E-state index is 11.5. The zero-order chi connectivity index (χ0) is 13.8. The van der Waals surface area contributed by atoms with Gasteiger partial charge in [0.15, 0.2) is 0 Å². The molecule has 4 nitrogen and oxygen atoms in total. The van der Waals surface area contributed by atoms with Gasteiger partial charge in [-0.05, 0) is 38.5 Å². The second-order valence-corrected chi connectivity index (χ2v) is 5.65. The number of aliphatic carboxylic acids is 1. The molecule has 1 aliphatic carbocycles. The first-order valence-corrected chi connectivity index (χ1v) is 6.45. The topological polar surface area (TPSA) is 63.6 Å². The molecule has 0 spiro atoms. The van der Waals surface area contributed by atoms with Crippen molar-refractivity contribution in [2.75, 3.05) is 0 Å². The Balaban J connectivity index is 2.53. The van der Waals surface area contributed by atoms with Crippen LogP contribution in [-0.4, -0.2) is 22.6 Å². The van der Waals surface area contributed by atoms with Gasteiger partial charge in [0, 0.05) is 12.2 Å². The first-order chi connectivity index (χ1) is 8.31. The highest BCUT2D eigenvalue weighted by atomic mass is 16.6. The van der Waals surface area contributed by atoms with Crippen LogP contribution in [0.5, 0.6) is 0 Å². The van der Waals surface area contributed by atoms with E-state index in [4.69, 9.17) is 9.84 Å². The summed E-state index contributed by atoms with van der Waals surface area (Å²) in [6.45, 7) is 6.05. The Morgan fingerprint density at radius 3 is 2.22 bits per heavy atom. The van der Waals surface area contributed by atoms with Gasteiger partial charge in [0.25, 0.3) is 0 Å². The van der Waals surface area contributed by atoms with Gasteiger partial charge in [0.05, 0.1) is 0 Å². The number of carbonyl (C=O) groups excluding carboxylic acids is 1. The van der Waals surface area contributed by atoms with Crippen LogP contribution in [-0.2, 0) is 14.3 Å². The molecule has 0 aromatic carbocycles. The van der Waals surface area contributed by atoms with Gasteiger partial charge in [-0.15, -0.1) is 0 Å². The van der Waals surface area contributed by atoms with Gasteiger partial charge in [0.2, 0.25) is 0 Å². The lowest BCUT2D eigenvalue weighted by Crippen LogP contribution is -2.38. The maximum Gasteiger partial charge on any atom is 0.331 e. The SMILES string of the molecule is CC1CCC(C(C)(C)OC(=O)/C=C/C(=O)O)CC1. The Bertz CT molecular complexity index is 336. The molecular formula is C14H22O4. The number of ether oxygens (including phenoxy) is 1. The van der Waals surface area contributed by atoms with Crippen LogP contribution >= 0.6 is 0 Å². The van der Waals surface area contributed by atoms with Crippen LogP contribution < -0.4 is 0 Å². The highest BCUT2D eigenvalue weighted by Crippen LogP contribution is 2.37. The number of hydrogen-bond donors (Lipinski definition) is 1. The van der Waals surface area contributed by atoms with Gasteiger partial charge >= 0.3 is 11.9 Å². The van der Waals surface area contributed by atoms with Crippen LogP contribution in [0.25, 0.3) is 0 Å². The molecule has 1 fully saturated rings. The number of carbonyl (C=O) groups is 2. The summed E-state index contributed by atoms with van der Waals surface area (Å²) in [6.07, 6.45) is 6.22. The average Bonchev–Trinajstić information content (AvgIpc) is 2.26. The fraction of sp³-hybridized carbons (Fsp3) is 0.714. The summed E-state index contributed by atoms with van der Waals surface area (Å²) in [4.78, 5) is 21.8. The lowest BCUT2D eigenvalue weighted by Gasteiger charge is -2.37. The summed E-state index contributed by atoms with van der Waals surface area (Å²) in [6, 6.07) is 0. The van der Waals surface area contributed by atoms with E-state index in [1.165, 1.54) is 0 Å². The summed E-state index contributed by atoms with van der Waals surface area (Å²) in [7, 11) is 0. The molecule has 0 atom stereocenters. The molecule has 0 saturated heterocycles. The van der Waals surface area contributed by atoms with E-state index in [9.17, 15) is 9.59 Å². The molecule has 0 aromatic rings. The van der Waals surface area contributed by atoms with E-state index in [1.807, 2.05) is 13.8 Å². The van der Waals surface area contributed by atoms with Crippen molar-refractivity contribution in [2.24, 2.45) is 11.8 Å². The Kier molecular flexibility index (Phi) is 4.93. The Labute approximate surface area is 108 Å². The molecule has 0 bridgehead atoms. The molecular weight excluding hydrogens is 232 g/mol. The first-order valence-electron chi connectivity index (χ1n) is 6.45. The van der Waals surface area contributed by atoms with E-state index in [-0.39, 0.29) is 0 Å². The Morgan fingerprint density at radius 1 is 1.17 bits per heavy atom. The van der Waals surface area contributed by atoms with Crippen LogP contribution in [0.1, 0.15) is 46.5 Å². The van der Waals surface area contributed by atoms with Crippen molar-refractivity contribution in [1.82, 2.24) is 0 Å². The summed E-state index contributed by atoms with van der Waals surface area (Å²) in [5, 5.41) is 8.44. The van der Waals surface area contributed by atoms with Crippen molar-refractivity contribution in [3.8, 4) is 0 Å². The second kappa shape index (κ2) is 6.03. The Hall–Kier alpha value is -1.32. The van der Waals surface area contributed by atoms with Crippen molar-refractivity contribution >= 4 is 11.9 Å². The minimum Gasteiger partial charge on any atom is -0.478 e. The zero-order valence-corrected chi connectivity index (χ0v) is 11.3. The van der Waals surface area contributed by atoms with Gasteiger partial charge < -0.3 is 9.84 Å². The second-order valence-electron chi connectivity index (χ2n) is 5.65. The number of carboxylic acid groups (broad SMARTS) is 1. The molecule has 1 rings (SSSR count). The third kappa shape index (κ3) is 4.51. The van der Waals surface area contributed by atoms with Crippen molar-refractivity contribution in [3.05, 3.63) is 12.2 Å². The van der Waals surface area contributed by atoms with E-state index in [0.717, 1.165) is 43.8 Å². The molecule has 18 heavy (non-hydrogen) atoms. The third-order valence-corrected chi connectivity index (χ3v) is 3.72. The molecule has 1 aliphatic rings. The maximum atomic E-state index is 11.5. The van der Waals surface area contributed by atoms with Gasteiger partial charge in [0.1, 0.15) is 5.60 Å². The van der Waals surface area contributed by atoms with Crippen LogP contribution in [0, 0.1) is 11.8 Å². The molecule has 0 unspecified atom stereocenters. The molecule has 0 aliphatic heterocycles. The molecule has 1 saturated carbocycles. The molecule has 1 N–H and O–H groups in total. The van der Waals surface area contributed by atoms with Crippen LogP contribution in [0.15, 0.2) is 12.2 Å². The molecule has 0 aromatic heterocycles. The highest BCUT2D eigenvalue weighted by Gasteiger charge is 2.34. The fourth-order valence-corrected chi connectivity index (χ4v) is 2.47. The summed E-state index contributed by atoms with van der Waals surface area (Å²) in [5.74, 6) is -0.618. The predicted octanol–water partition coefficient (Wildman–Crippen LogP) is 2.78. The summed E-state index contributed by atoms with van der Waals surface area (Å²) in [5.41, 5.74) is -0.528. The minimum atomic E-state index is -1.14. The van der Waals surface area contributed by atoms with Crippen LogP contribution in [0.3, 0.4) is 0 Å². The van der Waals surface area contributed by atoms with Crippen molar-refractivity contribution in [3.63, 3.8) is 0 Å². The van der Waals surface area contributed by atoms with Crippen molar-refractivity contribution < 1.29 is 19.4 Å². The number of esters is 1. The molecule has 0 radical (unpaired) electrons. The van der Waals surface area contributed by atoms with E-state index in [1.54, 1.807) is 0 Å². The number of rotatable bonds is 4. The van der Waals surface area contributed by atoms with Gasteiger partial charge in [-0.1, -0.05) is 19.8 Å². The lowest BCUT2D eigenvalue weighted by atomic mass is 9.75. The quantitative estimate of drug-likeness (QED) is 0.619. The summed E-state index contributed by atoms with van der Waals surface area (Å²) < 4.78 is 5.37. The highest BCUT2D eigenvalue weighted by molar-refractivity contribution is 5.90. The monoisotopic (exact) mass is 254 g/mol. The van der Waals surface area contributed by atoms with E-state index in [2.05, 4.69) is 6.92 Å². The lowest BCUT2D eigenvalue weighted by molar-refractivity contribution is -0.157. The molecule has 0 heterocycles. The van der Waals surface area contributed by atoms with E-state index >= 15 is 0 Å². The van der Waals surface area contributed by atoms with Gasteiger partial charge in [-0.2, -0.15) is 0 Å². The number of carboxylic acids is 1. The molecule has 4 heteroatoms. The number of hydrogen-bond acceptors (Lipinski definition) is 3. The van der Waals surface area contributed by atoms with Crippen molar-refractivity contribution in [1.29, 1.82) is 0 Å². The van der Waals surface area contributed by atoms with Crippen LogP contribution in [0.4, 0.5) is 0 Å². The standard InChI is InChI=1S/C14H22O4/c1-10-4-6-11(7-5-10)14(2,3)18-13(17)9-8-12(15)16/h8-11H,4-7H2,1-3H3,(H,15,16)/b9-8+. The summed E-state index contributed by atoms with van der Waals surface area (Å²) >= 11 is 0. The fourth-order valence-electron chi connectivity index (χ4n) is 2.47. The zero-order valence-electron chi connectivity index (χ0n) is 11.3. The van der Waals surface area contributed by atoms with Gasteiger partial charge in [-0.25, -0.2) is 9.59 Å². The average molecular weight is 254 g/mol. The Morgan fingerprint density at radius 2 is 1.72 bits per heavy atom. The van der Waals surface area contributed by atoms with Crippen LogP contribution in [0.2, 0.25) is 0 Å². The predicted molar refractivity (Wildman–Crippen MR) is 68.1 cm³/mol. The van der Waals surface area contributed by atoms with Gasteiger partial charge in [-0.3, -0.25) is 0 Å². The molecule has 102 valence electrons. The molecule has 0 amide bonds. The largest absolute Gasteiger partial charge is 0.478 e. The normalized spacial score (nSPS) is 25.1. The third-order valence-electron chi connectivity index (χ3n) is 3.72. The smallest absolute Gasteiger partial charge is 0.331 e. The van der Waals surface area contributed by atoms with E-state index in [0.29, 0.717) is 5.92 Å².